The molecule has 3 rings (SSSR count). The van der Waals surface area contributed by atoms with Gasteiger partial charge in [-0.3, -0.25) is 0 Å². The topological polar surface area (TPSA) is 59.5 Å². The maximum atomic E-state index is 5.61. The summed E-state index contributed by atoms with van der Waals surface area (Å²) in [7, 11) is 2.01. The molecule has 5 heteroatoms. The minimum Gasteiger partial charge on any atom is -0.328 e. The smallest absolute Gasteiger partial charge is 0.153 e. The van der Waals surface area contributed by atoms with Gasteiger partial charge in [0.2, 0.25) is 0 Å². The summed E-state index contributed by atoms with van der Waals surface area (Å²) in [6.45, 7) is 2.51. The summed E-state index contributed by atoms with van der Waals surface area (Å²) in [5.74, 6) is 0.868. The van der Waals surface area contributed by atoms with Gasteiger partial charge in [0.1, 0.15) is 0 Å². The first-order valence-electron chi connectivity index (χ1n) is 6.54. The predicted octanol–water partition coefficient (Wildman–Crippen LogP) is 2.26. The van der Waals surface area contributed by atoms with E-state index in [1.807, 2.05) is 37.5 Å². The molecule has 0 amide bonds. The minimum atomic E-state index is 0.423. The maximum Gasteiger partial charge on any atom is 0.153 e. The molecule has 0 atom stereocenters. The lowest BCUT2D eigenvalue weighted by Gasteiger charge is -2.20. The molecule has 0 saturated heterocycles. The van der Waals surface area contributed by atoms with E-state index >= 15 is 0 Å². The summed E-state index contributed by atoms with van der Waals surface area (Å²) in [4.78, 5) is 6.45. The average Bonchev–Trinajstić information content (AvgIpc) is 2.89. The zero-order chi connectivity index (χ0) is 14.1. The summed E-state index contributed by atoms with van der Waals surface area (Å²) in [5.41, 5.74) is 9.61. The van der Waals surface area contributed by atoms with Gasteiger partial charge in [-0.1, -0.05) is 18.2 Å². The Morgan fingerprint density at radius 3 is 2.75 bits per heavy atom. The number of imidazole rings is 1. The van der Waals surface area contributed by atoms with Crippen LogP contribution in [-0.2, 0) is 6.54 Å². The van der Waals surface area contributed by atoms with E-state index in [0.717, 1.165) is 22.8 Å². The van der Waals surface area contributed by atoms with E-state index in [9.17, 15) is 0 Å². The third-order valence-corrected chi connectivity index (χ3v) is 3.39. The summed E-state index contributed by atoms with van der Waals surface area (Å²) in [5, 5.41) is 4.59. The number of hydrogen-bond acceptors (Lipinski definition) is 4. The van der Waals surface area contributed by atoms with Gasteiger partial charge in [0.15, 0.2) is 11.5 Å². The molecule has 0 aliphatic carbocycles. The van der Waals surface area contributed by atoms with Crippen molar-refractivity contribution in [3.63, 3.8) is 0 Å². The number of aromatic nitrogens is 3. The van der Waals surface area contributed by atoms with E-state index < -0.39 is 0 Å². The highest BCUT2D eigenvalue weighted by atomic mass is 15.3. The molecule has 0 fully saturated rings. The number of hydrogen-bond donors (Lipinski definition) is 1. The number of benzene rings is 1. The van der Waals surface area contributed by atoms with Gasteiger partial charge in [-0.25, -0.2) is 9.50 Å². The van der Waals surface area contributed by atoms with Crippen molar-refractivity contribution in [2.45, 2.75) is 13.5 Å². The molecule has 0 bridgehead atoms. The normalized spacial score (nSPS) is 10.9. The van der Waals surface area contributed by atoms with Crippen molar-refractivity contribution in [3.05, 3.63) is 53.9 Å². The molecule has 102 valence electrons. The first-order valence-corrected chi connectivity index (χ1v) is 6.54. The molecule has 0 radical (unpaired) electrons. The molecular weight excluding hydrogens is 250 g/mol. The molecule has 0 aliphatic rings. The molecular formula is C15H17N5. The highest BCUT2D eigenvalue weighted by Gasteiger charge is 2.09. The van der Waals surface area contributed by atoms with E-state index in [0.29, 0.717) is 6.54 Å². The van der Waals surface area contributed by atoms with Crippen molar-refractivity contribution >= 4 is 17.2 Å². The van der Waals surface area contributed by atoms with Crippen LogP contribution in [0.15, 0.2) is 42.6 Å². The molecule has 20 heavy (non-hydrogen) atoms. The largest absolute Gasteiger partial charge is 0.328 e. The van der Waals surface area contributed by atoms with Gasteiger partial charge >= 0.3 is 0 Å². The van der Waals surface area contributed by atoms with Crippen molar-refractivity contribution in [1.29, 1.82) is 0 Å². The van der Waals surface area contributed by atoms with Gasteiger partial charge in [0.05, 0.1) is 11.9 Å². The second-order valence-corrected chi connectivity index (χ2v) is 4.78. The Hall–Kier alpha value is -2.40. The third-order valence-electron chi connectivity index (χ3n) is 3.39. The average molecular weight is 267 g/mol. The van der Waals surface area contributed by atoms with Gasteiger partial charge in [0.25, 0.3) is 0 Å². The number of anilines is 2. The van der Waals surface area contributed by atoms with E-state index in [2.05, 4.69) is 34.0 Å². The van der Waals surface area contributed by atoms with Crippen LogP contribution < -0.4 is 10.6 Å². The van der Waals surface area contributed by atoms with Crippen LogP contribution in [-0.4, -0.2) is 21.6 Å². The second-order valence-electron chi connectivity index (χ2n) is 4.78. The lowest BCUT2D eigenvalue weighted by atomic mass is 10.2. The summed E-state index contributed by atoms with van der Waals surface area (Å²) in [6, 6.07) is 12.2. The van der Waals surface area contributed by atoms with Crippen LogP contribution >= 0.6 is 0 Å². The monoisotopic (exact) mass is 267 g/mol. The van der Waals surface area contributed by atoms with Gasteiger partial charge in [0, 0.05) is 19.3 Å². The summed E-state index contributed by atoms with van der Waals surface area (Å²) >= 11 is 0. The molecule has 0 saturated carbocycles. The number of rotatable bonds is 3. The summed E-state index contributed by atoms with van der Waals surface area (Å²) < 4.78 is 1.77. The molecule has 2 N–H and O–H groups in total. The van der Waals surface area contributed by atoms with Crippen LogP contribution in [0.4, 0.5) is 11.5 Å². The van der Waals surface area contributed by atoms with Crippen LogP contribution in [0.5, 0.6) is 0 Å². The summed E-state index contributed by atoms with van der Waals surface area (Å²) in [6.07, 6.45) is 1.87. The van der Waals surface area contributed by atoms with E-state index in [1.54, 1.807) is 4.52 Å². The van der Waals surface area contributed by atoms with Crippen LogP contribution in [0.2, 0.25) is 0 Å². The number of fused-ring (bicyclic) bond motifs is 1. The molecule has 1 aromatic carbocycles. The van der Waals surface area contributed by atoms with Crippen LogP contribution in [0, 0.1) is 6.92 Å². The van der Waals surface area contributed by atoms with Gasteiger partial charge in [-0.05, 0) is 30.7 Å². The lowest BCUT2D eigenvalue weighted by Crippen LogP contribution is -2.13. The molecule has 3 aromatic rings. The van der Waals surface area contributed by atoms with Crippen molar-refractivity contribution in [1.82, 2.24) is 14.6 Å². The van der Waals surface area contributed by atoms with Crippen molar-refractivity contribution < 1.29 is 0 Å². The van der Waals surface area contributed by atoms with Crippen molar-refractivity contribution in [2.75, 3.05) is 11.9 Å². The Morgan fingerprint density at radius 1 is 1.20 bits per heavy atom. The van der Waals surface area contributed by atoms with Gasteiger partial charge in [-0.15, -0.1) is 5.10 Å². The minimum absolute atomic E-state index is 0.423. The Kier molecular flexibility index (Phi) is 3.12. The molecule has 5 nitrogen and oxygen atoms in total. The van der Waals surface area contributed by atoms with Crippen LogP contribution in [0.3, 0.4) is 0 Å². The fourth-order valence-corrected chi connectivity index (χ4v) is 2.26. The van der Waals surface area contributed by atoms with Gasteiger partial charge < -0.3 is 10.6 Å². The van der Waals surface area contributed by atoms with E-state index in [1.165, 1.54) is 5.56 Å². The van der Waals surface area contributed by atoms with Crippen molar-refractivity contribution in [3.8, 4) is 0 Å². The molecule has 0 spiro atoms. The fourth-order valence-electron chi connectivity index (χ4n) is 2.26. The number of nitrogens with zero attached hydrogens (tertiary/aromatic N) is 4. The Balaban J connectivity index is 2.03. The first-order chi connectivity index (χ1) is 9.69. The Bertz CT molecular complexity index is 747. The van der Waals surface area contributed by atoms with Crippen LogP contribution in [0.25, 0.3) is 5.65 Å². The van der Waals surface area contributed by atoms with E-state index in [-0.39, 0.29) is 0 Å². The molecule has 0 unspecified atom stereocenters. The predicted molar refractivity (Wildman–Crippen MR) is 80.1 cm³/mol. The van der Waals surface area contributed by atoms with Crippen LogP contribution in [0.1, 0.15) is 11.3 Å². The highest BCUT2D eigenvalue weighted by molar-refractivity contribution is 5.63. The zero-order valence-corrected chi connectivity index (χ0v) is 11.6. The Labute approximate surface area is 117 Å². The van der Waals surface area contributed by atoms with E-state index in [4.69, 9.17) is 5.73 Å². The number of aryl methyl sites for hydroxylation is 1. The molecule has 2 aromatic heterocycles. The molecule has 0 aliphatic heterocycles. The SMILES string of the molecule is Cc1ccccc1N(C)c1ccc2nc(CN)cn2n1. The van der Waals surface area contributed by atoms with Crippen molar-refractivity contribution in [2.24, 2.45) is 5.73 Å². The first kappa shape index (κ1) is 12.6. The quantitative estimate of drug-likeness (QED) is 0.790. The zero-order valence-electron chi connectivity index (χ0n) is 11.6. The fraction of sp³-hybridized carbons (Fsp3) is 0.200. The number of nitrogens with two attached hydrogens (primary N) is 1. The lowest BCUT2D eigenvalue weighted by molar-refractivity contribution is 0.908. The standard InChI is InChI=1S/C15H17N5/c1-11-5-3-4-6-13(11)19(2)15-8-7-14-17-12(9-16)10-20(14)18-15/h3-8,10H,9,16H2,1-2H3. The van der Waals surface area contributed by atoms with Gasteiger partial charge in [-0.2, -0.15) is 0 Å². The highest BCUT2D eigenvalue weighted by Crippen LogP contribution is 2.24. The molecule has 2 heterocycles. The second kappa shape index (κ2) is 4.94. The maximum absolute atomic E-state index is 5.61. The third kappa shape index (κ3) is 2.12. The Morgan fingerprint density at radius 2 is 2.00 bits per heavy atom. The number of para-hydroxylation sites is 1.